The fourth-order valence-corrected chi connectivity index (χ4v) is 3.80. The van der Waals surface area contributed by atoms with Crippen LogP contribution in [0.4, 0.5) is 13.6 Å². The lowest BCUT2D eigenvalue weighted by Gasteiger charge is -2.22. The topological polar surface area (TPSA) is 113 Å². The van der Waals surface area contributed by atoms with Gasteiger partial charge in [-0.2, -0.15) is 0 Å². The Morgan fingerprint density at radius 2 is 1.77 bits per heavy atom. The molecule has 1 heterocycles. The number of imide groups is 1. The molecule has 0 bridgehead atoms. The number of sulfonamides is 1. The van der Waals surface area contributed by atoms with Gasteiger partial charge in [0.25, 0.3) is 5.91 Å². The minimum atomic E-state index is -3.69. The summed E-state index contributed by atoms with van der Waals surface area (Å²) in [6.07, 6.45) is 0. The van der Waals surface area contributed by atoms with Gasteiger partial charge in [-0.15, -0.1) is 0 Å². The van der Waals surface area contributed by atoms with Crippen LogP contribution in [0.3, 0.4) is 0 Å². The van der Waals surface area contributed by atoms with E-state index in [0.29, 0.717) is 16.5 Å². The summed E-state index contributed by atoms with van der Waals surface area (Å²) in [6.45, 7) is 0.660. The molecule has 2 N–H and O–H groups in total. The smallest absolute Gasteiger partial charge is 0.319 e. The minimum Gasteiger partial charge on any atom is -0.319 e. The van der Waals surface area contributed by atoms with Crippen molar-refractivity contribution in [3.05, 3.63) is 65.2 Å². The standard InChI is InChI=1S/C19H17F2N3O5S/c1-19(11-3-6-13(7-4-11)30(28,29)22-2)17(26)24(18(27)23-19)10-16(25)14-8-5-12(20)9-15(14)21/h3-9,22H,10H2,1-2H3,(H,23,27). The second kappa shape index (κ2) is 7.58. The largest absolute Gasteiger partial charge is 0.325 e. The first-order valence-electron chi connectivity index (χ1n) is 8.66. The quantitative estimate of drug-likeness (QED) is 0.526. The normalized spacial score (nSPS) is 19.1. The maximum atomic E-state index is 13.8. The number of ketones is 1. The molecular formula is C19H17F2N3O5S. The van der Waals surface area contributed by atoms with Crippen LogP contribution in [0.25, 0.3) is 0 Å². The average Bonchev–Trinajstić information content (AvgIpc) is 2.92. The SMILES string of the molecule is CNS(=O)(=O)c1ccc(C2(C)NC(=O)N(CC(=O)c3ccc(F)cc3F)C2=O)cc1. The lowest BCUT2D eigenvalue weighted by Crippen LogP contribution is -2.41. The van der Waals surface area contributed by atoms with Crippen molar-refractivity contribution in [1.29, 1.82) is 0 Å². The van der Waals surface area contributed by atoms with E-state index in [4.69, 9.17) is 0 Å². The number of urea groups is 1. The molecule has 2 aromatic carbocycles. The molecule has 0 aliphatic carbocycles. The zero-order valence-electron chi connectivity index (χ0n) is 15.9. The van der Waals surface area contributed by atoms with E-state index >= 15 is 0 Å². The molecule has 1 aliphatic heterocycles. The van der Waals surface area contributed by atoms with Gasteiger partial charge in [-0.3, -0.25) is 14.5 Å². The zero-order valence-corrected chi connectivity index (χ0v) is 16.7. The maximum absolute atomic E-state index is 13.8. The van der Waals surface area contributed by atoms with E-state index in [1.165, 1.54) is 38.2 Å². The summed E-state index contributed by atoms with van der Waals surface area (Å²) >= 11 is 0. The van der Waals surface area contributed by atoms with Crippen LogP contribution in [0.2, 0.25) is 0 Å². The summed E-state index contributed by atoms with van der Waals surface area (Å²) in [5, 5.41) is 2.47. The molecule has 8 nitrogen and oxygen atoms in total. The maximum Gasteiger partial charge on any atom is 0.325 e. The fraction of sp³-hybridized carbons (Fsp3) is 0.211. The Hall–Kier alpha value is -3.18. The van der Waals surface area contributed by atoms with Gasteiger partial charge in [-0.1, -0.05) is 12.1 Å². The predicted octanol–water partition coefficient (Wildman–Crippen LogP) is 1.52. The van der Waals surface area contributed by atoms with Crippen LogP contribution in [0.5, 0.6) is 0 Å². The summed E-state index contributed by atoms with van der Waals surface area (Å²) < 4.78 is 52.7. The minimum absolute atomic E-state index is 0.0343. The number of rotatable bonds is 6. The molecule has 1 saturated heterocycles. The lowest BCUT2D eigenvalue weighted by atomic mass is 9.92. The third-order valence-corrected chi connectivity index (χ3v) is 6.25. The van der Waals surface area contributed by atoms with Gasteiger partial charge < -0.3 is 5.32 Å². The highest BCUT2D eigenvalue weighted by atomic mass is 32.2. The third-order valence-electron chi connectivity index (χ3n) is 4.82. The highest BCUT2D eigenvalue weighted by molar-refractivity contribution is 7.89. The average molecular weight is 437 g/mol. The highest BCUT2D eigenvalue weighted by Gasteiger charge is 2.49. The molecule has 0 saturated carbocycles. The van der Waals surface area contributed by atoms with Gasteiger partial charge in [-0.05, 0) is 43.8 Å². The van der Waals surface area contributed by atoms with Gasteiger partial charge in [0.1, 0.15) is 17.2 Å². The summed E-state index contributed by atoms with van der Waals surface area (Å²) in [6, 6.07) is 6.77. The Labute approximate surface area is 170 Å². The number of amides is 3. The molecule has 3 amide bonds. The van der Waals surface area contributed by atoms with Crippen LogP contribution >= 0.6 is 0 Å². The second-order valence-corrected chi connectivity index (χ2v) is 8.61. The predicted molar refractivity (Wildman–Crippen MR) is 101 cm³/mol. The number of nitrogens with zero attached hydrogens (tertiary/aromatic N) is 1. The van der Waals surface area contributed by atoms with Crippen LogP contribution in [0, 0.1) is 11.6 Å². The third kappa shape index (κ3) is 3.68. The Kier molecular flexibility index (Phi) is 5.44. The van der Waals surface area contributed by atoms with Gasteiger partial charge in [0.05, 0.1) is 17.0 Å². The number of hydrogen-bond donors (Lipinski definition) is 2. The van der Waals surface area contributed by atoms with E-state index in [-0.39, 0.29) is 4.90 Å². The fourth-order valence-electron chi connectivity index (χ4n) is 3.07. The number of carbonyl (C=O) groups is 3. The second-order valence-electron chi connectivity index (χ2n) is 6.73. The molecule has 1 aliphatic rings. The van der Waals surface area contributed by atoms with Crippen molar-refractivity contribution in [3.63, 3.8) is 0 Å². The summed E-state index contributed by atoms with van der Waals surface area (Å²) in [4.78, 5) is 38.2. The van der Waals surface area contributed by atoms with Gasteiger partial charge in [0.2, 0.25) is 10.0 Å². The number of benzene rings is 2. The number of carbonyl (C=O) groups excluding carboxylic acids is 3. The van der Waals surface area contributed by atoms with Crippen LogP contribution in [0.1, 0.15) is 22.8 Å². The van der Waals surface area contributed by atoms with Gasteiger partial charge in [-0.25, -0.2) is 26.7 Å². The number of halogens is 2. The van der Waals surface area contributed by atoms with Crippen LogP contribution in [-0.2, 0) is 20.4 Å². The monoisotopic (exact) mass is 437 g/mol. The van der Waals surface area contributed by atoms with Crippen molar-refractivity contribution >= 4 is 27.7 Å². The highest BCUT2D eigenvalue weighted by Crippen LogP contribution is 2.30. The number of nitrogens with one attached hydrogen (secondary N) is 2. The molecule has 30 heavy (non-hydrogen) atoms. The van der Waals surface area contributed by atoms with E-state index in [1.807, 2.05) is 0 Å². The van der Waals surface area contributed by atoms with Crippen molar-refractivity contribution in [2.24, 2.45) is 0 Å². The van der Waals surface area contributed by atoms with E-state index in [2.05, 4.69) is 10.0 Å². The van der Waals surface area contributed by atoms with Crippen LogP contribution < -0.4 is 10.0 Å². The molecule has 1 atom stereocenters. The molecule has 158 valence electrons. The molecule has 3 rings (SSSR count). The Morgan fingerprint density at radius 3 is 2.33 bits per heavy atom. The Morgan fingerprint density at radius 1 is 1.13 bits per heavy atom. The summed E-state index contributed by atoms with van der Waals surface area (Å²) in [7, 11) is -2.43. The molecule has 2 aromatic rings. The molecule has 1 fully saturated rings. The first-order chi connectivity index (χ1) is 14.0. The van der Waals surface area contributed by atoms with Crippen LogP contribution in [0.15, 0.2) is 47.4 Å². The van der Waals surface area contributed by atoms with Gasteiger partial charge in [0.15, 0.2) is 5.78 Å². The van der Waals surface area contributed by atoms with E-state index < -0.39 is 57.0 Å². The van der Waals surface area contributed by atoms with Crippen molar-refractivity contribution in [3.8, 4) is 0 Å². The molecule has 0 radical (unpaired) electrons. The van der Waals surface area contributed by atoms with E-state index in [1.54, 1.807) is 0 Å². The Bertz CT molecular complexity index is 1150. The number of hydrogen-bond acceptors (Lipinski definition) is 5. The van der Waals surface area contributed by atoms with E-state index in [0.717, 1.165) is 12.1 Å². The van der Waals surface area contributed by atoms with Crippen LogP contribution in [-0.4, -0.2) is 44.6 Å². The summed E-state index contributed by atoms with van der Waals surface area (Å²) in [5.74, 6) is -3.62. The van der Waals surface area contributed by atoms with Gasteiger partial charge in [0, 0.05) is 6.07 Å². The van der Waals surface area contributed by atoms with Crippen molar-refractivity contribution in [2.45, 2.75) is 17.4 Å². The Balaban J connectivity index is 1.85. The molecule has 0 aromatic heterocycles. The number of Topliss-reactive ketones (excluding diaryl/α,β-unsaturated/α-hetero) is 1. The van der Waals surface area contributed by atoms with Crippen molar-refractivity contribution < 1.29 is 31.6 Å². The van der Waals surface area contributed by atoms with Crippen molar-refractivity contribution in [1.82, 2.24) is 14.9 Å². The first kappa shape index (κ1) is 21.5. The molecule has 1 unspecified atom stereocenters. The molecule has 0 spiro atoms. The zero-order chi connectivity index (χ0) is 22.3. The molecular weight excluding hydrogens is 420 g/mol. The van der Waals surface area contributed by atoms with E-state index in [9.17, 15) is 31.6 Å². The van der Waals surface area contributed by atoms with Crippen molar-refractivity contribution in [2.75, 3.05) is 13.6 Å². The first-order valence-corrected chi connectivity index (χ1v) is 10.1. The van der Waals surface area contributed by atoms with Gasteiger partial charge >= 0.3 is 6.03 Å². The molecule has 11 heteroatoms. The lowest BCUT2D eigenvalue weighted by molar-refractivity contribution is -0.130. The summed E-state index contributed by atoms with van der Waals surface area (Å²) in [5.41, 5.74) is -1.72.